The number of hydrogen-bond acceptors (Lipinski definition) is 17. The molecule has 7 aliphatic rings. The molecule has 17 rings (SSSR count). The second-order valence-electron chi connectivity index (χ2n) is 34.9. The third kappa shape index (κ3) is 26.0. The van der Waals surface area contributed by atoms with E-state index >= 15 is 0 Å². The van der Waals surface area contributed by atoms with Crippen molar-refractivity contribution in [1.82, 2.24) is 65.4 Å². The summed E-state index contributed by atoms with van der Waals surface area (Å²) < 4.78 is 165. The molecule has 3 aromatic heterocycles. The van der Waals surface area contributed by atoms with E-state index < -0.39 is 81.5 Å². The van der Waals surface area contributed by atoms with Crippen LogP contribution in [0.25, 0.3) is 22.4 Å². The number of carbonyl (C=O) groups excluding carboxylic acids is 10. The molecule has 3 saturated heterocycles. The van der Waals surface area contributed by atoms with Crippen molar-refractivity contribution in [2.24, 2.45) is 11.8 Å². The summed E-state index contributed by atoms with van der Waals surface area (Å²) >= 11 is 0. The first kappa shape index (κ1) is 101. The Hall–Kier alpha value is -14.6. The highest BCUT2D eigenvalue weighted by molar-refractivity contribution is 6.01. The van der Waals surface area contributed by atoms with Gasteiger partial charge in [0.05, 0.1) is 51.7 Å². The van der Waals surface area contributed by atoms with E-state index in [0.29, 0.717) is 153 Å². The average Bonchev–Trinajstić information content (AvgIpc) is 1.63. The van der Waals surface area contributed by atoms with Gasteiger partial charge in [-0.05, 0) is 169 Å². The summed E-state index contributed by atoms with van der Waals surface area (Å²) in [6, 6.07) is 45.3. The summed E-state index contributed by atoms with van der Waals surface area (Å²) in [4.78, 5) is 143. The Kier molecular flexibility index (Phi) is 32.8. The third-order valence-corrected chi connectivity index (χ3v) is 25.5. The fourth-order valence-electron chi connectivity index (χ4n) is 17.2. The van der Waals surface area contributed by atoms with Gasteiger partial charge in [-0.25, -0.2) is 18.2 Å². The number of amides is 8. The Morgan fingerprint density at radius 2 is 0.957 bits per heavy atom. The number of anilines is 2. The van der Waals surface area contributed by atoms with Crippen molar-refractivity contribution in [3.05, 3.63) is 290 Å². The number of aryl methyl sites for hydroxylation is 1. The Morgan fingerprint density at radius 1 is 0.436 bits per heavy atom. The normalized spacial score (nSPS) is 15.6. The number of H-pyrrole nitrogens is 1. The van der Waals surface area contributed by atoms with Crippen LogP contribution in [0.2, 0.25) is 0 Å². The number of pyridine rings is 1. The summed E-state index contributed by atoms with van der Waals surface area (Å²) in [6.07, 6.45) is -4.17. The fourth-order valence-corrected chi connectivity index (χ4v) is 17.2. The Balaban J connectivity index is 0.000000149. The van der Waals surface area contributed by atoms with Gasteiger partial charge in [-0.2, -0.15) is 44.6 Å². The number of aromatic nitrogens is 5. The number of aromatic amines is 1. The van der Waals surface area contributed by atoms with Gasteiger partial charge in [0.1, 0.15) is 34.7 Å². The molecule has 3 N–H and O–H groups in total. The minimum atomic E-state index is -4.71. The first-order valence-electron chi connectivity index (χ1n) is 45.9. The number of piperazine rings is 3. The van der Waals surface area contributed by atoms with Crippen LogP contribution in [0.4, 0.5) is 64.3 Å². The van der Waals surface area contributed by atoms with Gasteiger partial charge in [-0.1, -0.05) is 111 Å². The Bertz CT molecular complexity index is 6170. The highest BCUT2D eigenvalue weighted by Crippen LogP contribution is 2.39. The standard InChI is InChI=1S/C28H24F4N2O3.C26H24F4N4O4.C26H27F3N4O2.C22H26FN5O2/c29-24-11-10-22(28(30,31)32)18-23(24)27(37)34-16-14-33(15-17-34)26(36)13-12-25(35)21-8-6-20(7-9-21)19-4-2-1-3-5-19;1-38-23-5-3-2-4-17(23)20-15-21(32-31-20)22(35)8-9-24(36)33-10-12-34(13-11-33)25(37)18-14-16(26(28,29)30)6-7-19(18)27;27-26(28,29)22-8-4-3-7-21(22)25(35)33-15-19-13-32(14-20(19)16-33)23-10-9-18(12-30-23)24(34)31-11-17-5-1-2-6-17;1-15-2-5-17(23)14-18(15)22(30)28-12-10-27(11-13-28)20-7-6-19(25-26-20)21(29)24-9-8-16-3-4-16/h1-11,18H,12-17H2;2-7,14-15H,8-13H2,1H3,(H,31,32);3-4,7-10,12,17H,1-2,5-6,11,13-16H2,(H,31,34);2,5-7,14,16H,3-4,8-13H2,1H3,(H,24,29). The van der Waals surface area contributed by atoms with Crippen molar-refractivity contribution in [3.8, 4) is 28.1 Å². The molecule has 38 heteroatoms. The zero-order chi connectivity index (χ0) is 99.7. The van der Waals surface area contributed by atoms with E-state index in [0.717, 1.165) is 52.1 Å². The summed E-state index contributed by atoms with van der Waals surface area (Å²) in [7, 11) is 1.53. The predicted octanol–water partition coefficient (Wildman–Crippen LogP) is 16.4. The number of nitrogens with zero attached hydrogens (tertiary/aromatic N) is 12. The van der Waals surface area contributed by atoms with E-state index in [1.54, 1.807) is 65.7 Å². The lowest BCUT2D eigenvalue weighted by atomic mass is 10.0. The van der Waals surface area contributed by atoms with Gasteiger partial charge in [0.25, 0.3) is 35.4 Å². The van der Waals surface area contributed by atoms with Gasteiger partial charge in [-0.15, -0.1) is 10.2 Å². The van der Waals surface area contributed by atoms with E-state index in [4.69, 9.17) is 4.74 Å². The number of rotatable bonds is 24. The van der Waals surface area contributed by atoms with Gasteiger partial charge >= 0.3 is 18.5 Å². The molecule has 0 spiro atoms. The SMILES string of the molecule is COc1ccccc1-c1cc(C(=O)CCC(=O)N2CCN(C(=O)c3cc(C(F)(F)F)ccc3F)CC2)[nH]n1.Cc1ccc(F)cc1C(=O)N1CCN(c2ccc(C(=O)NCCC3CC3)nn2)CC1.O=C(CCC(=O)N1CCN(C(=O)c2cc(C(F)(F)F)ccc2F)CC1)c1ccc(-c2ccccc2)cc1.O=C(NCC1CCCC1)c1ccc(N2CC3=C(CN(C(=O)c4ccccc4C(F)(F)F)C3)C2)nc1. The Labute approximate surface area is 798 Å². The molecule has 0 unspecified atom stereocenters. The van der Waals surface area contributed by atoms with Crippen LogP contribution in [0.15, 0.2) is 205 Å². The van der Waals surface area contributed by atoms with Crippen molar-refractivity contribution in [3.63, 3.8) is 0 Å². The van der Waals surface area contributed by atoms with Crippen LogP contribution >= 0.6 is 0 Å². The van der Waals surface area contributed by atoms with Crippen LogP contribution in [0.5, 0.6) is 5.75 Å². The lowest BCUT2D eigenvalue weighted by Gasteiger charge is -2.35. The van der Waals surface area contributed by atoms with Crippen LogP contribution in [-0.4, -0.2) is 239 Å². The first-order chi connectivity index (χ1) is 67.0. The van der Waals surface area contributed by atoms with E-state index in [2.05, 4.69) is 40.9 Å². The molecule has 140 heavy (non-hydrogen) atoms. The van der Waals surface area contributed by atoms with Gasteiger partial charge in [0, 0.05) is 166 Å². The van der Waals surface area contributed by atoms with Crippen LogP contribution in [0.1, 0.15) is 176 Å². The van der Waals surface area contributed by atoms with Gasteiger partial charge in [-0.3, -0.25) is 53.0 Å². The van der Waals surface area contributed by atoms with Gasteiger partial charge in [0.15, 0.2) is 23.1 Å². The first-order valence-corrected chi connectivity index (χ1v) is 45.9. The molecule has 2 aliphatic carbocycles. The predicted molar refractivity (Wildman–Crippen MR) is 493 cm³/mol. The van der Waals surface area contributed by atoms with Crippen LogP contribution in [-0.2, 0) is 28.1 Å². The number of benzene rings is 7. The molecular formula is C102H101F12N15O11. The van der Waals surface area contributed by atoms with E-state index in [-0.39, 0.29) is 130 Å². The van der Waals surface area contributed by atoms with E-state index in [9.17, 15) is 101 Å². The van der Waals surface area contributed by atoms with Crippen molar-refractivity contribution in [2.75, 3.05) is 135 Å². The molecule has 0 radical (unpaired) electrons. The second kappa shape index (κ2) is 45.3. The number of alkyl halides is 9. The molecule has 7 aromatic carbocycles. The largest absolute Gasteiger partial charge is 0.496 e. The van der Waals surface area contributed by atoms with Gasteiger partial charge < -0.3 is 54.6 Å². The number of nitrogens with one attached hydrogen (secondary N) is 3. The molecule has 0 bridgehead atoms. The van der Waals surface area contributed by atoms with Crippen molar-refractivity contribution in [2.45, 2.75) is 96.1 Å². The molecule has 26 nitrogen and oxygen atoms in total. The molecule has 8 heterocycles. The highest BCUT2D eigenvalue weighted by atomic mass is 19.4. The minimum absolute atomic E-state index is 0.00449. The lowest BCUT2D eigenvalue weighted by molar-refractivity contribution is -0.138. The molecule has 8 amide bonds. The monoisotopic (exact) mass is 1940 g/mol. The summed E-state index contributed by atoms with van der Waals surface area (Å²) in [5, 5.41) is 21.0. The zero-order valence-corrected chi connectivity index (χ0v) is 76.5. The van der Waals surface area contributed by atoms with Crippen molar-refractivity contribution >= 4 is 70.5 Å². The lowest BCUT2D eigenvalue weighted by Crippen LogP contribution is -2.50. The third-order valence-electron chi connectivity index (χ3n) is 25.5. The quantitative estimate of drug-likeness (QED) is 0.0288. The number of carbonyl (C=O) groups is 10. The fraction of sp³-hybridized carbons (Fsp3) is 0.353. The van der Waals surface area contributed by atoms with Crippen LogP contribution in [0, 0.1) is 36.2 Å². The maximum atomic E-state index is 14.1. The smallest absolute Gasteiger partial charge is 0.417 e. The summed E-state index contributed by atoms with van der Waals surface area (Å²) in [5.41, 5.74) is 3.28. The van der Waals surface area contributed by atoms with Crippen molar-refractivity contribution in [1.29, 1.82) is 0 Å². The highest BCUT2D eigenvalue weighted by Gasteiger charge is 2.41. The maximum absolute atomic E-state index is 14.1. The Morgan fingerprint density at radius 3 is 1.51 bits per heavy atom. The minimum Gasteiger partial charge on any atom is -0.496 e. The summed E-state index contributed by atoms with van der Waals surface area (Å²) in [6.45, 7) is 7.79. The summed E-state index contributed by atoms with van der Waals surface area (Å²) in [5.74, 6) is -2.99. The number of ketones is 2. The number of ether oxygens (including phenoxy) is 1. The maximum Gasteiger partial charge on any atom is 0.417 e. The molecule has 734 valence electrons. The molecule has 0 atom stereocenters. The van der Waals surface area contributed by atoms with Crippen molar-refractivity contribution < 1.29 is 105 Å². The molecule has 2 saturated carbocycles. The number of Topliss-reactive ketones (excluding diaryl/α,β-unsaturated/α-hetero) is 2. The molecule has 10 aromatic rings. The van der Waals surface area contributed by atoms with E-state index in [1.807, 2.05) is 72.5 Å². The van der Waals surface area contributed by atoms with Gasteiger partial charge in [0.2, 0.25) is 11.8 Å². The number of halogens is 12. The number of methoxy groups -OCH3 is 1. The number of hydrogen-bond donors (Lipinski definition) is 3. The average molecular weight is 1940 g/mol. The number of para-hydroxylation sites is 1. The topological polar surface area (TPSA) is 297 Å². The van der Waals surface area contributed by atoms with Crippen LogP contribution < -0.4 is 25.2 Å². The molecule has 5 aliphatic heterocycles. The van der Waals surface area contributed by atoms with E-state index in [1.165, 1.54) is 100 Å². The molecule has 5 fully saturated rings. The molecular weight excluding hydrogens is 1840 g/mol. The zero-order valence-electron chi connectivity index (χ0n) is 76.5. The van der Waals surface area contributed by atoms with Crippen LogP contribution in [0.3, 0.4) is 0 Å². The second-order valence-corrected chi connectivity index (χ2v) is 34.9.